The van der Waals surface area contributed by atoms with Crippen LogP contribution in [0.4, 0.5) is 23.7 Å². The van der Waals surface area contributed by atoms with Gasteiger partial charge in [-0.1, -0.05) is 6.07 Å². The maximum absolute atomic E-state index is 12.6. The second-order valence-electron chi connectivity index (χ2n) is 7.67. The normalized spacial score (nSPS) is 15.8. The summed E-state index contributed by atoms with van der Waals surface area (Å²) in [6.45, 7) is -1.30. The number of rotatable bonds is 5. The highest BCUT2D eigenvalue weighted by Gasteiger charge is 2.29. The fourth-order valence-electron chi connectivity index (χ4n) is 4.23. The smallest absolute Gasteiger partial charge is 0.322 e. The number of carbonyl (C=O) groups excluding carboxylic acids is 1. The minimum Gasteiger partial charge on any atom is -0.322 e. The molecule has 0 spiro atoms. The molecule has 1 aromatic heterocycles. The zero-order valence-electron chi connectivity index (χ0n) is 16.5. The molecule has 0 atom stereocenters. The minimum atomic E-state index is -4.48. The molecule has 2 N–H and O–H groups in total. The molecule has 0 radical (unpaired) electrons. The van der Waals surface area contributed by atoms with Gasteiger partial charge in [-0.05, 0) is 66.9 Å². The molecular formula is C20H21F3N4O3S. The Morgan fingerprint density at radius 2 is 1.77 bits per heavy atom. The number of aryl methyl sites for hydroxylation is 2. The van der Waals surface area contributed by atoms with Gasteiger partial charge in [0.25, 0.3) is 10.0 Å². The van der Waals surface area contributed by atoms with E-state index < -0.39 is 28.8 Å². The van der Waals surface area contributed by atoms with Gasteiger partial charge in [0, 0.05) is 18.1 Å². The summed E-state index contributed by atoms with van der Waals surface area (Å²) in [5.41, 5.74) is 5.18. The molecule has 2 aromatic rings. The number of amides is 2. The SMILES string of the molecule is O=C(Nc1c2c(cc3c1CCC3)CCC2)NS(=O)(=O)/C=C/c1nccn1CC(F)(F)F. The summed E-state index contributed by atoms with van der Waals surface area (Å²) in [6.07, 6.45) is 4.16. The number of benzene rings is 1. The molecular weight excluding hydrogens is 433 g/mol. The Balaban J connectivity index is 1.48. The molecule has 2 aliphatic rings. The summed E-state index contributed by atoms with van der Waals surface area (Å²) in [4.78, 5) is 16.2. The maximum Gasteiger partial charge on any atom is 0.406 e. The van der Waals surface area contributed by atoms with Gasteiger partial charge in [-0.2, -0.15) is 13.2 Å². The number of nitrogens with one attached hydrogen (secondary N) is 2. The molecule has 2 aliphatic carbocycles. The van der Waals surface area contributed by atoms with Crippen molar-refractivity contribution in [3.05, 3.63) is 51.9 Å². The average molecular weight is 454 g/mol. The zero-order valence-corrected chi connectivity index (χ0v) is 17.3. The summed E-state index contributed by atoms with van der Waals surface area (Å²) in [5.74, 6) is -0.193. The number of hydrogen-bond acceptors (Lipinski definition) is 4. The lowest BCUT2D eigenvalue weighted by molar-refractivity contribution is -0.140. The van der Waals surface area contributed by atoms with Crippen LogP contribution in [0.25, 0.3) is 6.08 Å². The van der Waals surface area contributed by atoms with Crippen LogP contribution in [0.15, 0.2) is 23.9 Å². The van der Waals surface area contributed by atoms with Gasteiger partial charge in [-0.15, -0.1) is 0 Å². The van der Waals surface area contributed by atoms with E-state index in [2.05, 4.69) is 16.4 Å². The number of anilines is 1. The van der Waals surface area contributed by atoms with Gasteiger partial charge in [0.2, 0.25) is 0 Å². The van der Waals surface area contributed by atoms with Crippen molar-refractivity contribution in [1.29, 1.82) is 0 Å². The summed E-state index contributed by atoms with van der Waals surface area (Å²) in [5, 5.41) is 3.33. The third kappa shape index (κ3) is 4.92. The van der Waals surface area contributed by atoms with Crippen molar-refractivity contribution in [3.63, 3.8) is 0 Å². The maximum atomic E-state index is 12.6. The highest BCUT2D eigenvalue weighted by molar-refractivity contribution is 7.93. The largest absolute Gasteiger partial charge is 0.406 e. The van der Waals surface area contributed by atoms with E-state index in [0.29, 0.717) is 11.1 Å². The lowest BCUT2D eigenvalue weighted by Crippen LogP contribution is -2.33. The lowest BCUT2D eigenvalue weighted by Gasteiger charge is -2.16. The van der Waals surface area contributed by atoms with Crippen molar-refractivity contribution in [2.75, 3.05) is 5.32 Å². The van der Waals surface area contributed by atoms with Crippen molar-refractivity contribution in [2.24, 2.45) is 0 Å². The Labute approximate surface area is 177 Å². The van der Waals surface area contributed by atoms with E-state index in [9.17, 15) is 26.4 Å². The van der Waals surface area contributed by atoms with Crippen LogP contribution in [0.3, 0.4) is 0 Å². The molecule has 0 saturated heterocycles. The first kappa shape index (κ1) is 21.4. The first-order valence-corrected chi connectivity index (χ1v) is 11.4. The Morgan fingerprint density at radius 3 is 2.39 bits per heavy atom. The third-order valence-corrected chi connectivity index (χ3v) is 6.40. The van der Waals surface area contributed by atoms with E-state index in [1.54, 1.807) is 0 Å². The highest BCUT2D eigenvalue weighted by Crippen LogP contribution is 2.38. The Morgan fingerprint density at radius 1 is 1.13 bits per heavy atom. The predicted molar refractivity (Wildman–Crippen MR) is 109 cm³/mol. The summed E-state index contributed by atoms with van der Waals surface area (Å²) >= 11 is 0. The second kappa shape index (κ2) is 8.03. The van der Waals surface area contributed by atoms with Gasteiger partial charge < -0.3 is 9.88 Å². The molecule has 0 aliphatic heterocycles. The number of alkyl halides is 3. The minimum absolute atomic E-state index is 0.193. The monoisotopic (exact) mass is 454 g/mol. The third-order valence-electron chi connectivity index (χ3n) is 5.44. The number of sulfonamides is 1. The zero-order chi connectivity index (χ0) is 22.2. The molecule has 0 unspecified atom stereocenters. The fourth-order valence-corrected chi connectivity index (χ4v) is 4.90. The highest BCUT2D eigenvalue weighted by atomic mass is 32.2. The number of hydrogen-bond donors (Lipinski definition) is 2. The van der Waals surface area contributed by atoms with Crippen LogP contribution in [0.1, 0.15) is 40.9 Å². The fraction of sp³-hybridized carbons (Fsp3) is 0.400. The number of carbonyl (C=O) groups is 1. The molecule has 11 heteroatoms. The topological polar surface area (TPSA) is 93.1 Å². The Kier molecular flexibility index (Phi) is 5.54. The summed E-state index contributed by atoms with van der Waals surface area (Å²) in [6, 6.07) is 1.29. The van der Waals surface area contributed by atoms with Crippen LogP contribution in [0.2, 0.25) is 0 Å². The van der Waals surface area contributed by atoms with Crippen LogP contribution in [0, 0.1) is 0 Å². The molecule has 0 saturated carbocycles. The van der Waals surface area contributed by atoms with Gasteiger partial charge >= 0.3 is 12.2 Å². The van der Waals surface area contributed by atoms with Gasteiger partial charge in [-0.25, -0.2) is 22.9 Å². The second-order valence-corrected chi connectivity index (χ2v) is 9.23. The number of nitrogens with zero attached hydrogens (tertiary/aromatic N) is 2. The number of fused-ring (bicyclic) bond motifs is 2. The van der Waals surface area contributed by atoms with Crippen LogP contribution in [-0.4, -0.2) is 30.2 Å². The van der Waals surface area contributed by atoms with Crippen molar-refractivity contribution in [2.45, 2.75) is 51.2 Å². The quantitative estimate of drug-likeness (QED) is 0.723. The molecule has 31 heavy (non-hydrogen) atoms. The van der Waals surface area contributed by atoms with Gasteiger partial charge in [-0.3, -0.25) is 0 Å². The Bertz CT molecular complexity index is 1120. The number of imidazole rings is 1. The van der Waals surface area contributed by atoms with Gasteiger partial charge in [0.1, 0.15) is 12.4 Å². The van der Waals surface area contributed by atoms with E-state index in [-0.39, 0.29) is 5.82 Å². The average Bonchev–Trinajstić information content (AvgIpc) is 3.38. The number of urea groups is 1. The standard InChI is InChI=1S/C20H21F3N4O3S/c21-20(22,23)12-27-9-8-24-17(27)7-10-31(29,30)26-19(28)25-18-15-5-1-3-13(15)11-14-4-2-6-16(14)18/h7-11H,1-6,12H2,(H2,25,26,28)/b10-7+. The van der Waals surface area contributed by atoms with Crippen LogP contribution in [-0.2, 0) is 42.3 Å². The molecule has 0 fully saturated rings. The summed E-state index contributed by atoms with van der Waals surface area (Å²) in [7, 11) is -4.24. The van der Waals surface area contributed by atoms with Crippen molar-refractivity contribution >= 4 is 27.8 Å². The van der Waals surface area contributed by atoms with Gasteiger partial charge in [0.15, 0.2) is 0 Å². The lowest BCUT2D eigenvalue weighted by atomic mass is 9.99. The molecule has 7 nitrogen and oxygen atoms in total. The number of aromatic nitrogens is 2. The number of halogens is 3. The summed E-state index contributed by atoms with van der Waals surface area (Å²) < 4.78 is 65.0. The molecule has 1 aromatic carbocycles. The first-order valence-electron chi connectivity index (χ1n) is 9.87. The predicted octanol–water partition coefficient (Wildman–Crippen LogP) is 3.55. The van der Waals surface area contributed by atoms with Crippen LogP contribution in [0.5, 0.6) is 0 Å². The van der Waals surface area contributed by atoms with E-state index in [0.717, 1.165) is 72.7 Å². The molecule has 1 heterocycles. The van der Waals surface area contributed by atoms with Crippen molar-refractivity contribution in [3.8, 4) is 0 Å². The van der Waals surface area contributed by atoms with Gasteiger partial charge in [0.05, 0.1) is 5.41 Å². The van der Waals surface area contributed by atoms with Crippen molar-refractivity contribution in [1.82, 2.24) is 14.3 Å². The first-order chi connectivity index (χ1) is 14.6. The van der Waals surface area contributed by atoms with E-state index in [1.165, 1.54) is 11.1 Å². The van der Waals surface area contributed by atoms with E-state index in [4.69, 9.17) is 0 Å². The Hall–Kier alpha value is -2.82. The molecule has 4 rings (SSSR count). The molecule has 166 valence electrons. The van der Waals surface area contributed by atoms with Crippen molar-refractivity contribution < 1.29 is 26.4 Å². The van der Waals surface area contributed by atoms with E-state index >= 15 is 0 Å². The van der Waals surface area contributed by atoms with E-state index in [1.807, 2.05) is 4.72 Å². The molecule has 2 amide bonds. The van der Waals surface area contributed by atoms with Crippen LogP contribution >= 0.6 is 0 Å². The van der Waals surface area contributed by atoms with Crippen LogP contribution < -0.4 is 10.0 Å². The molecule has 0 bridgehead atoms.